The molecule has 0 fully saturated rings. The normalized spacial score (nSPS) is 19.1. The summed E-state index contributed by atoms with van der Waals surface area (Å²) in [7, 11) is 2.21. The van der Waals surface area contributed by atoms with E-state index in [1.54, 1.807) is 0 Å². The average molecular weight is 194 g/mol. The van der Waals surface area contributed by atoms with Gasteiger partial charge in [-0.1, -0.05) is 0 Å². The zero-order valence-electron chi connectivity index (χ0n) is 7.23. The van der Waals surface area contributed by atoms with Crippen molar-refractivity contribution in [2.45, 2.75) is 12.8 Å². The van der Waals surface area contributed by atoms with E-state index in [1.165, 1.54) is 0 Å². The van der Waals surface area contributed by atoms with Gasteiger partial charge >= 0.3 is 0 Å². The molecule has 3 nitrogen and oxygen atoms in total. The monoisotopic (exact) mass is 194 g/mol. The molecule has 68 valence electrons. The molecule has 0 saturated heterocycles. The van der Waals surface area contributed by atoms with Crippen molar-refractivity contribution in [3.63, 3.8) is 0 Å². The van der Waals surface area contributed by atoms with E-state index in [-0.39, 0.29) is 6.54 Å². The molecule has 0 spiro atoms. The van der Waals surface area contributed by atoms with E-state index in [0.717, 1.165) is 24.3 Å². The first-order valence-electron chi connectivity index (χ1n) is 4.02. The smallest absolute Gasteiger partial charge is 0.126 e. The van der Waals surface area contributed by atoms with Crippen molar-refractivity contribution in [1.82, 2.24) is 0 Å². The fourth-order valence-electron chi connectivity index (χ4n) is 1.05. The van der Waals surface area contributed by atoms with Crippen LogP contribution in [0.4, 0.5) is 0 Å². The first kappa shape index (κ1) is 9.95. The lowest BCUT2D eigenvalue weighted by molar-refractivity contribution is 0.517. The van der Waals surface area contributed by atoms with Gasteiger partial charge in [-0.25, -0.2) is 0 Å². The lowest BCUT2D eigenvalue weighted by Gasteiger charge is -1.94. The van der Waals surface area contributed by atoms with Gasteiger partial charge in [-0.05, 0) is 31.1 Å². The van der Waals surface area contributed by atoms with Crippen molar-refractivity contribution in [3.8, 4) is 6.07 Å². The molecule has 0 saturated carbocycles. The van der Waals surface area contributed by atoms with Crippen LogP contribution < -0.4 is 0 Å². The van der Waals surface area contributed by atoms with Gasteiger partial charge in [0.05, 0.1) is 15.5 Å². The van der Waals surface area contributed by atoms with Crippen molar-refractivity contribution in [2.24, 2.45) is 4.99 Å². The van der Waals surface area contributed by atoms with E-state index in [0.29, 0.717) is 0 Å². The molecule has 0 aliphatic heterocycles. The number of aliphatic imine (C=N–C) groups is 1. The number of allylic oxidation sites excluding steroid dienone is 3. The minimum absolute atomic E-state index is 0.233. The van der Waals surface area contributed by atoms with Crippen LogP contribution in [0.1, 0.15) is 12.8 Å². The molecule has 0 aromatic rings. The molecule has 1 unspecified atom stereocenters. The number of rotatable bonds is 2. The molecule has 0 aromatic heterocycles. The van der Waals surface area contributed by atoms with Gasteiger partial charge < -0.3 is 4.52 Å². The van der Waals surface area contributed by atoms with Gasteiger partial charge in [0.2, 0.25) is 0 Å². The zero-order chi connectivity index (χ0) is 9.52. The highest BCUT2D eigenvalue weighted by atomic mass is 31.0. The van der Waals surface area contributed by atoms with Crippen molar-refractivity contribution >= 4 is 15.2 Å². The maximum Gasteiger partial charge on any atom is 0.126 e. The van der Waals surface area contributed by atoms with Gasteiger partial charge in [-0.2, -0.15) is 5.26 Å². The van der Waals surface area contributed by atoms with Crippen LogP contribution in [0.2, 0.25) is 0 Å². The molecule has 0 N–H and O–H groups in total. The Bertz CT molecular complexity index is 299. The highest BCUT2D eigenvalue weighted by molar-refractivity contribution is 7.10. The van der Waals surface area contributed by atoms with Crippen LogP contribution in [0.25, 0.3) is 0 Å². The van der Waals surface area contributed by atoms with Gasteiger partial charge in [0, 0.05) is 5.71 Å². The Kier molecular flexibility index (Phi) is 4.21. The molecule has 4 heteroatoms. The predicted molar refractivity (Wildman–Crippen MR) is 55.2 cm³/mol. The molecule has 0 heterocycles. The number of nitriles is 1. The summed E-state index contributed by atoms with van der Waals surface area (Å²) in [5.74, 6) is 0.826. The average Bonchev–Trinajstić information content (AvgIpc) is 2.39. The molecular weight excluding hydrogens is 183 g/mol. The number of hydrogen-bond donors (Lipinski definition) is 0. The molecule has 13 heavy (non-hydrogen) atoms. The molecule has 0 aromatic carbocycles. The standard InChI is InChI=1S/C9H11N2OP/c10-6-7-11-8-2-1-3-9(12-13)5-4-8/h3-5H,1-2,7,13H2. The molecule has 1 aliphatic rings. The van der Waals surface area contributed by atoms with Crippen LogP contribution in [0.5, 0.6) is 0 Å². The van der Waals surface area contributed by atoms with E-state index in [2.05, 4.69) is 14.5 Å². The van der Waals surface area contributed by atoms with E-state index in [4.69, 9.17) is 9.79 Å². The summed E-state index contributed by atoms with van der Waals surface area (Å²) in [5, 5.41) is 8.34. The Morgan fingerprint density at radius 3 is 3.15 bits per heavy atom. The summed E-state index contributed by atoms with van der Waals surface area (Å²) in [6, 6.07) is 1.99. The number of nitrogens with zero attached hydrogens (tertiary/aromatic N) is 2. The molecule has 1 rings (SSSR count). The van der Waals surface area contributed by atoms with Gasteiger partial charge in [-0.15, -0.1) is 0 Å². The maximum atomic E-state index is 8.34. The highest BCUT2D eigenvalue weighted by Gasteiger charge is 2.00. The Hall–Kier alpha value is -1.13. The second-order valence-corrected chi connectivity index (χ2v) is 2.80. The van der Waals surface area contributed by atoms with Gasteiger partial charge in [0.15, 0.2) is 0 Å². The first-order chi connectivity index (χ1) is 6.36. The minimum Gasteiger partial charge on any atom is -0.481 e. The van der Waals surface area contributed by atoms with Crippen molar-refractivity contribution < 1.29 is 4.52 Å². The van der Waals surface area contributed by atoms with Gasteiger partial charge in [0.25, 0.3) is 0 Å². The summed E-state index contributed by atoms with van der Waals surface area (Å²) < 4.78 is 4.99. The van der Waals surface area contributed by atoms with Crippen LogP contribution in [-0.4, -0.2) is 12.3 Å². The Morgan fingerprint density at radius 1 is 1.62 bits per heavy atom. The van der Waals surface area contributed by atoms with E-state index < -0.39 is 0 Å². The van der Waals surface area contributed by atoms with Gasteiger partial charge in [0.1, 0.15) is 12.3 Å². The Balaban J connectivity index is 2.62. The van der Waals surface area contributed by atoms with E-state index in [1.807, 2.05) is 24.3 Å². The number of hydrogen-bond acceptors (Lipinski definition) is 3. The summed E-state index contributed by atoms with van der Waals surface area (Å²) in [4.78, 5) is 4.10. The maximum absolute atomic E-state index is 8.34. The largest absolute Gasteiger partial charge is 0.481 e. The van der Waals surface area contributed by atoms with Crippen molar-refractivity contribution in [1.29, 1.82) is 5.26 Å². The topological polar surface area (TPSA) is 45.4 Å². The lowest BCUT2D eigenvalue weighted by Crippen LogP contribution is -1.92. The molecule has 0 amide bonds. The van der Waals surface area contributed by atoms with Crippen molar-refractivity contribution in [3.05, 3.63) is 24.0 Å². The molecule has 0 bridgehead atoms. The lowest BCUT2D eigenvalue weighted by atomic mass is 10.2. The molecular formula is C9H11N2OP. The highest BCUT2D eigenvalue weighted by Crippen LogP contribution is 2.12. The Labute approximate surface area is 80.1 Å². The molecule has 1 aliphatic carbocycles. The second kappa shape index (κ2) is 5.50. The van der Waals surface area contributed by atoms with Crippen LogP contribution in [0.3, 0.4) is 0 Å². The van der Waals surface area contributed by atoms with E-state index in [9.17, 15) is 0 Å². The van der Waals surface area contributed by atoms with Crippen LogP contribution in [0, 0.1) is 11.3 Å². The van der Waals surface area contributed by atoms with E-state index >= 15 is 0 Å². The third kappa shape index (κ3) is 3.40. The fourth-order valence-corrected chi connectivity index (χ4v) is 1.22. The summed E-state index contributed by atoms with van der Waals surface area (Å²) in [6.07, 6.45) is 7.52. The zero-order valence-corrected chi connectivity index (χ0v) is 8.39. The Morgan fingerprint density at radius 2 is 2.46 bits per heavy atom. The molecule has 1 atom stereocenters. The second-order valence-electron chi connectivity index (χ2n) is 2.56. The quantitative estimate of drug-likeness (QED) is 0.498. The predicted octanol–water partition coefficient (Wildman–Crippen LogP) is 1.99. The van der Waals surface area contributed by atoms with Crippen LogP contribution in [-0.2, 0) is 4.52 Å². The van der Waals surface area contributed by atoms with Crippen LogP contribution >= 0.6 is 9.47 Å². The van der Waals surface area contributed by atoms with Gasteiger partial charge in [-0.3, -0.25) is 4.99 Å². The fraction of sp³-hybridized carbons (Fsp3) is 0.333. The first-order valence-corrected chi connectivity index (χ1v) is 4.49. The van der Waals surface area contributed by atoms with Crippen molar-refractivity contribution in [2.75, 3.05) is 6.54 Å². The third-order valence-corrected chi connectivity index (χ3v) is 1.95. The SMILES string of the molecule is N#CCN=C1C=CC(OP)=CCC1. The summed E-state index contributed by atoms with van der Waals surface area (Å²) in [6.45, 7) is 0.233. The third-order valence-electron chi connectivity index (χ3n) is 1.67. The minimum atomic E-state index is 0.233. The summed E-state index contributed by atoms with van der Waals surface area (Å²) >= 11 is 0. The van der Waals surface area contributed by atoms with Crippen LogP contribution in [0.15, 0.2) is 29.0 Å². The molecule has 0 radical (unpaired) electrons. The summed E-state index contributed by atoms with van der Waals surface area (Å²) in [5.41, 5.74) is 0.954.